The summed E-state index contributed by atoms with van der Waals surface area (Å²) in [6.45, 7) is 0. The van der Waals surface area contributed by atoms with E-state index in [9.17, 15) is 14.9 Å². The van der Waals surface area contributed by atoms with Crippen LogP contribution >= 0.6 is 0 Å². The average Bonchev–Trinajstić information content (AvgIpc) is 2.77. The van der Waals surface area contributed by atoms with Crippen molar-refractivity contribution in [3.63, 3.8) is 0 Å². The Kier molecular flexibility index (Phi) is 2.42. The lowest BCUT2D eigenvalue weighted by molar-refractivity contribution is -0.384. The molecule has 0 atom stereocenters. The quantitative estimate of drug-likeness (QED) is 0.521. The number of fused-ring (bicyclic) bond motifs is 1. The zero-order valence-electron chi connectivity index (χ0n) is 9.65. The van der Waals surface area contributed by atoms with Crippen LogP contribution in [0.25, 0.3) is 16.6 Å². The maximum atomic E-state index is 11.7. The fraction of sp³-hybridized carbons (Fsp3) is 0. The van der Waals surface area contributed by atoms with Crippen LogP contribution in [0, 0.1) is 10.1 Å². The van der Waals surface area contributed by atoms with Gasteiger partial charge < -0.3 is 4.52 Å². The van der Waals surface area contributed by atoms with Gasteiger partial charge in [-0.1, -0.05) is 24.3 Å². The lowest BCUT2D eigenvalue weighted by atomic mass is 10.2. The number of rotatable bonds is 2. The van der Waals surface area contributed by atoms with Gasteiger partial charge in [0.2, 0.25) is 0 Å². The van der Waals surface area contributed by atoms with E-state index in [2.05, 4.69) is 0 Å². The molecule has 0 aliphatic carbocycles. The summed E-state index contributed by atoms with van der Waals surface area (Å²) in [5, 5.41) is 11.4. The number of nitrogens with zero attached hydrogens (tertiary/aromatic N) is 2. The summed E-state index contributed by atoms with van der Waals surface area (Å²) >= 11 is 0. The molecule has 94 valence electrons. The Balaban J connectivity index is 2.38. The van der Waals surface area contributed by atoms with E-state index < -0.39 is 10.5 Å². The molecule has 0 aliphatic heterocycles. The second-order valence-corrected chi connectivity index (χ2v) is 3.94. The highest BCUT2D eigenvalue weighted by molar-refractivity contribution is 5.80. The first kappa shape index (κ1) is 11.2. The molecule has 19 heavy (non-hydrogen) atoms. The number of nitro groups is 1. The van der Waals surface area contributed by atoms with Crippen molar-refractivity contribution in [3.05, 3.63) is 69.1 Å². The van der Waals surface area contributed by atoms with Gasteiger partial charge in [-0.15, -0.1) is 0 Å². The van der Waals surface area contributed by atoms with E-state index in [1.807, 2.05) is 0 Å². The molecule has 0 aliphatic rings. The molecule has 0 amide bonds. The van der Waals surface area contributed by atoms with Crippen molar-refractivity contribution < 1.29 is 9.45 Å². The van der Waals surface area contributed by atoms with Crippen molar-refractivity contribution in [1.82, 2.24) is 4.74 Å². The van der Waals surface area contributed by atoms with Crippen LogP contribution in [0.3, 0.4) is 0 Å². The third-order valence-corrected chi connectivity index (χ3v) is 2.81. The Labute approximate surface area is 106 Å². The summed E-state index contributed by atoms with van der Waals surface area (Å²) in [7, 11) is 0. The summed E-state index contributed by atoms with van der Waals surface area (Å²) < 4.78 is 6.29. The third-order valence-electron chi connectivity index (χ3n) is 2.81. The molecule has 0 bridgehead atoms. The van der Waals surface area contributed by atoms with Gasteiger partial charge in [-0.2, -0.15) is 4.74 Å². The van der Waals surface area contributed by atoms with Crippen LogP contribution in [0.15, 0.2) is 57.8 Å². The van der Waals surface area contributed by atoms with Crippen molar-refractivity contribution in [2.24, 2.45) is 0 Å². The highest BCUT2D eigenvalue weighted by Crippen LogP contribution is 2.25. The van der Waals surface area contributed by atoms with Crippen molar-refractivity contribution in [1.29, 1.82) is 0 Å². The van der Waals surface area contributed by atoms with E-state index >= 15 is 0 Å². The molecule has 0 saturated carbocycles. The Morgan fingerprint density at radius 3 is 2.53 bits per heavy atom. The fourth-order valence-electron chi connectivity index (χ4n) is 1.97. The van der Waals surface area contributed by atoms with Gasteiger partial charge in [0.25, 0.3) is 5.69 Å². The number of benzene rings is 2. The van der Waals surface area contributed by atoms with Gasteiger partial charge in [-0.25, -0.2) is 4.79 Å². The van der Waals surface area contributed by atoms with Gasteiger partial charge in [0, 0.05) is 6.07 Å². The molecule has 0 radical (unpaired) electrons. The molecule has 6 nitrogen and oxygen atoms in total. The SMILES string of the molecule is O=c1on(-c2ccccc2[N+](=O)[O-])c2ccccc12. The molecule has 1 heterocycles. The predicted molar refractivity (Wildman–Crippen MR) is 68.5 cm³/mol. The fourth-order valence-corrected chi connectivity index (χ4v) is 1.97. The molecule has 0 fully saturated rings. The molecular weight excluding hydrogens is 248 g/mol. The van der Waals surface area contributed by atoms with Gasteiger partial charge in [-0.3, -0.25) is 10.1 Å². The third kappa shape index (κ3) is 1.70. The minimum Gasteiger partial charge on any atom is -0.330 e. The first-order valence-corrected chi connectivity index (χ1v) is 5.53. The lowest BCUT2D eigenvalue weighted by Crippen LogP contribution is -1.99. The van der Waals surface area contributed by atoms with Gasteiger partial charge >= 0.3 is 5.63 Å². The van der Waals surface area contributed by atoms with Crippen LogP contribution in [0.5, 0.6) is 0 Å². The van der Waals surface area contributed by atoms with Gasteiger partial charge in [0.15, 0.2) is 5.69 Å². The Hall–Kier alpha value is -2.89. The van der Waals surface area contributed by atoms with Gasteiger partial charge in [-0.05, 0) is 18.2 Å². The number of nitro benzene ring substituents is 1. The number of hydrogen-bond donors (Lipinski definition) is 0. The summed E-state index contributed by atoms with van der Waals surface area (Å²) in [5.74, 6) is 0. The first-order chi connectivity index (χ1) is 9.18. The van der Waals surface area contributed by atoms with E-state index in [0.29, 0.717) is 10.9 Å². The minimum atomic E-state index is -0.520. The van der Waals surface area contributed by atoms with E-state index in [1.165, 1.54) is 16.9 Å². The Morgan fingerprint density at radius 2 is 1.74 bits per heavy atom. The topological polar surface area (TPSA) is 78.3 Å². The molecule has 2 aromatic carbocycles. The predicted octanol–water partition coefficient (Wildman–Crippen LogP) is 2.49. The van der Waals surface area contributed by atoms with Crippen LogP contribution in [0.4, 0.5) is 5.69 Å². The van der Waals surface area contributed by atoms with Crippen LogP contribution in [-0.2, 0) is 0 Å². The molecule has 0 saturated heterocycles. The highest BCUT2D eigenvalue weighted by Gasteiger charge is 2.18. The normalized spacial score (nSPS) is 10.7. The van der Waals surface area contributed by atoms with E-state index in [-0.39, 0.29) is 11.4 Å². The van der Waals surface area contributed by atoms with Crippen LogP contribution in [0.1, 0.15) is 0 Å². The van der Waals surface area contributed by atoms with Crippen molar-refractivity contribution >= 4 is 16.6 Å². The molecule has 3 rings (SSSR count). The first-order valence-electron chi connectivity index (χ1n) is 5.53. The van der Waals surface area contributed by atoms with E-state index in [0.717, 1.165) is 0 Å². The van der Waals surface area contributed by atoms with Crippen molar-refractivity contribution in [3.8, 4) is 5.69 Å². The molecule has 0 N–H and O–H groups in total. The Bertz CT molecular complexity index is 832. The standard InChI is InChI=1S/C13H8N2O4/c16-13-9-5-1-2-6-10(9)14(19-13)11-7-3-4-8-12(11)15(17)18/h1-8H. The molecule has 0 spiro atoms. The van der Waals surface area contributed by atoms with Crippen LogP contribution in [0.2, 0.25) is 0 Å². The Morgan fingerprint density at radius 1 is 1.05 bits per heavy atom. The second-order valence-electron chi connectivity index (χ2n) is 3.94. The smallest absolute Gasteiger partial charge is 0.330 e. The zero-order valence-corrected chi connectivity index (χ0v) is 9.65. The zero-order chi connectivity index (χ0) is 13.4. The minimum absolute atomic E-state index is 0.119. The number of para-hydroxylation sites is 3. The second kappa shape index (κ2) is 4.09. The van der Waals surface area contributed by atoms with Crippen molar-refractivity contribution in [2.75, 3.05) is 0 Å². The van der Waals surface area contributed by atoms with E-state index in [4.69, 9.17) is 4.52 Å². The van der Waals surface area contributed by atoms with Gasteiger partial charge in [0.1, 0.15) is 0 Å². The molecule has 6 heteroatoms. The van der Waals surface area contributed by atoms with E-state index in [1.54, 1.807) is 36.4 Å². The lowest BCUT2D eigenvalue weighted by Gasteiger charge is -2.02. The van der Waals surface area contributed by atoms with Gasteiger partial charge in [0.05, 0.1) is 15.8 Å². The summed E-state index contributed by atoms with van der Waals surface area (Å²) in [6.07, 6.45) is 0. The van der Waals surface area contributed by atoms with Crippen LogP contribution < -0.4 is 5.63 Å². The van der Waals surface area contributed by atoms with Crippen molar-refractivity contribution in [2.45, 2.75) is 0 Å². The summed E-state index contributed by atoms with van der Waals surface area (Å²) in [5.41, 5.74) is 0.0911. The molecule has 3 aromatic rings. The molecule has 0 unspecified atom stereocenters. The summed E-state index contributed by atoms with van der Waals surface area (Å²) in [4.78, 5) is 22.2. The average molecular weight is 256 g/mol. The molecule has 1 aromatic heterocycles. The number of aromatic nitrogens is 1. The highest BCUT2D eigenvalue weighted by atomic mass is 16.6. The maximum Gasteiger partial charge on any atom is 0.365 e. The monoisotopic (exact) mass is 256 g/mol. The maximum absolute atomic E-state index is 11.7. The summed E-state index contributed by atoms with van der Waals surface area (Å²) in [6, 6.07) is 12.9. The van der Waals surface area contributed by atoms with Crippen LogP contribution in [-0.4, -0.2) is 9.66 Å². The molecular formula is C13H8N2O4. The largest absolute Gasteiger partial charge is 0.365 e. The number of hydrogen-bond acceptors (Lipinski definition) is 4.